The Morgan fingerprint density at radius 3 is 2.85 bits per heavy atom. The zero-order valence-corrected chi connectivity index (χ0v) is 12.9. The molecule has 0 atom stereocenters. The molecule has 1 aromatic heterocycles. The monoisotopic (exact) mass is 289 g/mol. The predicted molar refractivity (Wildman–Crippen MR) is 83.4 cm³/mol. The third-order valence-electron chi connectivity index (χ3n) is 3.81. The van der Waals surface area contributed by atoms with Crippen molar-refractivity contribution in [1.82, 2.24) is 9.88 Å². The van der Waals surface area contributed by atoms with E-state index in [1.807, 2.05) is 14.1 Å². The van der Waals surface area contributed by atoms with E-state index in [-0.39, 0.29) is 11.8 Å². The number of hydrogen-bond acceptors (Lipinski definition) is 4. The number of nitrogens with zero attached hydrogens (tertiary/aromatic N) is 3. The average molecular weight is 289 g/mol. The number of anilines is 1. The summed E-state index contributed by atoms with van der Waals surface area (Å²) >= 11 is 1.72. The Bertz CT molecular complexity index is 644. The zero-order valence-electron chi connectivity index (χ0n) is 12.1. The maximum absolute atomic E-state index is 11.9. The van der Waals surface area contributed by atoms with Gasteiger partial charge in [0.25, 0.3) is 0 Å². The van der Waals surface area contributed by atoms with Gasteiger partial charge in [0.05, 0.1) is 16.1 Å². The molecule has 1 fully saturated rings. The molecule has 0 saturated carbocycles. The van der Waals surface area contributed by atoms with Crippen molar-refractivity contribution in [3.05, 3.63) is 23.8 Å². The molecule has 0 radical (unpaired) electrons. The number of aromatic nitrogens is 1. The van der Waals surface area contributed by atoms with E-state index in [1.54, 1.807) is 16.2 Å². The highest BCUT2D eigenvalue weighted by Crippen LogP contribution is 2.34. The number of carbonyl (C=O) groups is 1. The molecule has 0 bridgehead atoms. The van der Waals surface area contributed by atoms with Crippen molar-refractivity contribution in [2.75, 3.05) is 32.1 Å². The van der Waals surface area contributed by atoms with E-state index in [1.165, 1.54) is 10.3 Å². The lowest BCUT2D eigenvalue weighted by atomic mass is 10.00. The SMILES string of the molecule is CCc1cccc2sc(N3CC(C(=O)N(C)C)C3)nc12. The second kappa shape index (κ2) is 5.05. The number of hydrogen-bond donors (Lipinski definition) is 0. The van der Waals surface area contributed by atoms with Gasteiger partial charge in [-0.3, -0.25) is 4.79 Å². The van der Waals surface area contributed by atoms with Crippen molar-refractivity contribution >= 4 is 32.6 Å². The Hall–Kier alpha value is -1.62. The number of fused-ring (bicyclic) bond motifs is 1. The summed E-state index contributed by atoms with van der Waals surface area (Å²) in [5.41, 5.74) is 2.42. The molecule has 5 heteroatoms. The van der Waals surface area contributed by atoms with Crippen molar-refractivity contribution in [3.63, 3.8) is 0 Å². The molecule has 1 aliphatic rings. The predicted octanol–water partition coefficient (Wildman–Crippen LogP) is 2.38. The summed E-state index contributed by atoms with van der Waals surface area (Å²) in [6.07, 6.45) is 1.00. The average Bonchev–Trinajstić information content (AvgIpc) is 2.79. The van der Waals surface area contributed by atoms with Gasteiger partial charge in [0, 0.05) is 27.2 Å². The summed E-state index contributed by atoms with van der Waals surface area (Å²) in [5, 5.41) is 1.05. The lowest BCUT2D eigenvalue weighted by Gasteiger charge is -2.39. The minimum Gasteiger partial charge on any atom is -0.348 e. The molecule has 2 heterocycles. The van der Waals surface area contributed by atoms with Crippen LogP contribution < -0.4 is 4.90 Å². The van der Waals surface area contributed by atoms with Crippen molar-refractivity contribution in [2.45, 2.75) is 13.3 Å². The van der Waals surface area contributed by atoms with E-state index in [4.69, 9.17) is 4.98 Å². The highest BCUT2D eigenvalue weighted by atomic mass is 32.1. The normalized spacial score (nSPS) is 15.4. The number of amides is 1. The largest absolute Gasteiger partial charge is 0.348 e. The van der Waals surface area contributed by atoms with E-state index >= 15 is 0 Å². The van der Waals surface area contributed by atoms with Crippen LogP contribution in [0.5, 0.6) is 0 Å². The first-order chi connectivity index (χ1) is 9.60. The molecule has 4 nitrogen and oxygen atoms in total. The van der Waals surface area contributed by atoms with Gasteiger partial charge >= 0.3 is 0 Å². The number of aryl methyl sites for hydroxylation is 1. The maximum atomic E-state index is 11.9. The van der Waals surface area contributed by atoms with E-state index in [0.717, 1.165) is 30.2 Å². The van der Waals surface area contributed by atoms with Crippen LogP contribution in [-0.4, -0.2) is 43.0 Å². The second-order valence-corrected chi connectivity index (χ2v) is 6.46. The van der Waals surface area contributed by atoms with E-state index in [0.29, 0.717) is 0 Å². The molecule has 0 spiro atoms. The number of carbonyl (C=O) groups excluding carboxylic acids is 1. The van der Waals surface area contributed by atoms with Gasteiger partial charge in [0.2, 0.25) is 5.91 Å². The fraction of sp³-hybridized carbons (Fsp3) is 0.467. The summed E-state index contributed by atoms with van der Waals surface area (Å²) < 4.78 is 1.24. The van der Waals surface area contributed by atoms with Gasteiger partial charge in [-0.1, -0.05) is 30.4 Å². The highest BCUT2D eigenvalue weighted by molar-refractivity contribution is 7.22. The summed E-state index contributed by atoms with van der Waals surface area (Å²) in [5.74, 6) is 0.347. The first-order valence-corrected chi connectivity index (χ1v) is 7.76. The van der Waals surface area contributed by atoms with Crippen LogP contribution in [0, 0.1) is 5.92 Å². The molecule has 1 amide bonds. The van der Waals surface area contributed by atoms with Crippen LogP contribution in [-0.2, 0) is 11.2 Å². The molecular formula is C15H19N3OS. The van der Waals surface area contributed by atoms with Gasteiger partial charge in [0.1, 0.15) is 0 Å². The minimum atomic E-state index is 0.127. The number of rotatable bonds is 3. The van der Waals surface area contributed by atoms with Gasteiger partial charge < -0.3 is 9.80 Å². The smallest absolute Gasteiger partial charge is 0.228 e. The highest BCUT2D eigenvalue weighted by Gasteiger charge is 2.35. The van der Waals surface area contributed by atoms with Crippen LogP contribution in [0.15, 0.2) is 18.2 Å². The lowest BCUT2D eigenvalue weighted by molar-refractivity contribution is -0.133. The number of para-hydroxylation sites is 1. The van der Waals surface area contributed by atoms with Crippen molar-refractivity contribution in [1.29, 1.82) is 0 Å². The molecular weight excluding hydrogens is 270 g/mol. The molecule has 1 aromatic carbocycles. The third-order valence-corrected chi connectivity index (χ3v) is 4.90. The van der Waals surface area contributed by atoms with E-state index < -0.39 is 0 Å². The molecule has 2 aromatic rings. The second-order valence-electron chi connectivity index (χ2n) is 5.45. The van der Waals surface area contributed by atoms with Crippen LogP contribution in [0.25, 0.3) is 10.2 Å². The molecule has 20 heavy (non-hydrogen) atoms. The summed E-state index contributed by atoms with van der Waals surface area (Å²) in [6, 6.07) is 6.36. The molecule has 106 valence electrons. The quantitative estimate of drug-likeness (QED) is 0.870. The summed E-state index contributed by atoms with van der Waals surface area (Å²) in [7, 11) is 3.63. The minimum absolute atomic E-state index is 0.127. The van der Waals surface area contributed by atoms with Crippen LogP contribution in [0.3, 0.4) is 0 Å². The lowest BCUT2D eigenvalue weighted by Crippen LogP contribution is -2.53. The fourth-order valence-corrected chi connectivity index (χ4v) is 3.60. The maximum Gasteiger partial charge on any atom is 0.228 e. The molecule has 0 aliphatic carbocycles. The van der Waals surface area contributed by atoms with Gasteiger partial charge in [-0.25, -0.2) is 4.98 Å². The van der Waals surface area contributed by atoms with Crippen LogP contribution >= 0.6 is 11.3 Å². The first kappa shape index (κ1) is 13.4. The zero-order chi connectivity index (χ0) is 14.3. The Morgan fingerprint density at radius 2 is 2.20 bits per heavy atom. The Labute approximate surface area is 123 Å². The molecule has 3 rings (SSSR count). The fourth-order valence-electron chi connectivity index (χ4n) is 2.57. The van der Waals surface area contributed by atoms with E-state index in [2.05, 4.69) is 30.0 Å². The van der Waals surface area contributed by atoms with Crippen molar-refractivity contribution in [2.24, 2.45) is 5.92 Å². The van der Waals surface area contributed by atoms with Gasteiger partial charge in [-0.05, 0) is 18.1 Å². The first-order valence-electron chi connectivity index (χ1n) is 6.94. The van der Waals surface area contributed by atoms with Gasteiger partial charge in [-0.2, -0.15) is 0 Å². The molecule has 0 N–H and O–H groups in total. The summed E-state index contributed by atoms with van der Waals surface area (Å²) in [4.78, 5) is 20.5. The van der Waals surface area contributed by atoms with Crippen molar-refractivity contribution in [3.8, 4) is 0 Å². The van der Waals surface area contributed by atoms with Crippen LogP contribution in [0.4, 0.5) is 5.13 Å². The number of benzene rings is 1. The third kappa shape index (κ3) is 2.16. The standard InChI is InChI=1S/C15H19N3OS/c1-4-10-6-5-7-12-13(10)16-15(20-12)18-8-11(9-18)14(19)17(2)3/h5-7,11H,4,8-9H2,1-3H3. The molecule has 0 unspecified atom stereocenters. The van der Waals surface area contributed by atoms with Crippen molar-refractivity contribution < 1.29 is 4.79 Å². The summed E-state index contributed by atoms with van der Waals surface area (Å²) in [6.45, 7) is 3.74. The molecule has 1 aliphatic heterocycles. The Kier molecular flexibility index (Phi) is 3.38. The van der Waals surface area contributed by atoms with E-state index in [9.17, 15) is 4.79 Å². The van der Waals surface area contributed by atoms with Crippen LogP contribution in [0.2, 0.25) is 0 Å². The van der Waals surface area contributed by atoms with Crippen LogP contribution in [0.1, 0.15) is 12.5 Å². The Morgan fingerprint density at radius 1 is 1.45 bits per heavy atom. The Balaban J connectivity index is 1.79. The van der Waals surface area contributed by atoms with Gasteiger partial charge in [0.15, 0.2) is 5.13 Å². The number of thiazole rings is 1. The topological polar surface area (TPSA) is 36.4 Å². The molecule has 1 saturated heterocycles. The van der Waals surface area contributed by atoms with Gasteiger partial charge in [-0.15, -0.1) is 0 Å².